The molecule has 2 aliphatic rings. The smallest absolute Gasteiger partial charge is 0.310 e. The molecule has 0 N–H and O–H groups in total. The van der Waals surface area contributed by atoms with E-state index in [0.717, 1.165) is 29.7 Å². The number of rotatable bonds is 5. The Bertz CT molecular complexity index is 947. The first-order chi connectivity index (χ1) is 13.0. The zero-order valence-electron chi connectivity index (χ0n) is 15.3. The van der Waals surface area contributed by atoms with Crippen LogP contribution in [-0.2, 0) is 40.0 Å². The van der Waals surface area contributed by atoms with Crippen LogP contribution in [0.5, 0.6) is 0 Å². The number of hydrogen-bond donors (Lipinski definition) is 0. The number of hydrogen-bond acceptors (Lipinski definition) is 4. The summed E-state index contributed by atoms with van der Waals surface area (Å²) in [6, 6.07) is 11.3. The molecule has 2 aromatic rings. The molecule has 1 aliphatic carbocycles. The number of likely N-dealkylation sites (N-methyl/N-ethyl adjacent to an activating group) is 1. The van der Waals surface area contributed by atoms with E-state index in [4.69, 9.17) is 4.74 Å². The van der Waals surface area contributed by atoms with Gasteiger partial charge in [0.25, 0.3) is 0 Å². The number of ketones is 1. The van der Waals surface area contributed by atoms with Gasteiger partial charge in [-0.1, -0.05) is 18.2 Å². The second-order valence-electron chi connectivity index (χ2n) is 7.19. The molecule has 0 atom stereocenters. The Balaban J connectivity index is 1.35. The molecule has 138 valence electrons. The van der Waals surface area contributed by atoms with E-state index in [0.29, 0.717) is 12.0 Å². The number of carbonyl (C=O) groups is 3. The second-order valence-corrected chi connectivity index (χ2v) is 7.19. The number of nitrogens with zero attached hydrogens (tertiary/aromatic N) is 1. The zero-order valence-corrected chi connectivity index (χ0v) is 15.3. The summed E-state index contributed by atoms with van der Waals surface area (Å²) in [4.78, 5) is 37.8. The SMILES string of the molecule is CN1C(=O)Cc2cc(C(=O)COC(=O)Cc3ccc4c(c3)CCC4)ccc21. The topological polar surface area (TPSA) is 63.7 Å². The quantitative estimate of drug-likeness (QED) is 0.605. The Kier molecular flexibility index (Phi) is 4.52. The maximum Gasteiger partial charge on any atom is 0.310 e. The Labute approximate surface area is 157 Å². The van der Waals surface area contributed by atoms with Gasteiger partial charge in [-0.3, -0.25) is 14.4 Å². The highest BCUT2D eigenvalue weighted by Gasteiger charge is 2.25. The fourth-order valence-electron chi connectivity index (χ4n) is 3.83. The molecule has 27 heavy (non-hydrogen) atoms. The van der Waals surface area contributed by atoms with E-state index < -0.39 is 5.97 Å². The van der Waals surface area contributed by atoms with Gasteiger partial charge in [0.2, 0.25) is 5.91 Å². The van der Waals surface area contributed by atoms with Crippen LogP contribution in [0.15, 0.2) is 36.4 Å². The summed E-state index contributed by atoms with van der Waals surface area (Å²) in [6.45, 7) is -0.285. The third-order valence-electron chi connectivity index (χ3n) is 5.35. The molecule has 0 aromatic heterocycles. The van der Waals surface area contributed by atoms with E-state index >= 15 is 0 Å². The molecule has 5 heteroatoms. The van der Waals surface area contributed by atoms with Gasteiger partial charge in [0, 0.05) is 18.3 Å². The predicted molar refractivity (Wildman–Crippen MR) is 101 cm³/mol. The van der Waals surface area contributed by atoms with E-state index in [1.54, 1.807) is 30.1 Å². The van der Waals surface area contributed by atoms with Crippen molar-refractivity contribution >= 4 is 23.3 Å². The number of carbonyl (C=O) groups excluding carboxylic acids is 3. The maximum atomic E-state index is 12.3. The number of esters is 1. The molecule has 0 saturated carbocycles. The van der Waals surface area contributed by atoms with Crippen molar-refractivity contribution in [3.63, 3.8) is 0 Å². The lowest BCUT2D eigenvalue weighted by molar-refractivity contribution is -0.141. The van der Waals surface area contributed by atoms with Gasteiger partial charge < -0.3 is 9.64 Å². The Hall–Kier alpha value is -2.95. The lowest BCUT2D eigenvalue weighted by Crippen LogP contribution is -2.20. The Morgan fingerprint density at radius 2 is 1.85 bits per heavy atom. The molecular weight excluding hydrogens is 342 g/mol. The van der Waals surface area contributed by atoms with Gasteiger partial charge >= 0.3 is 5.97 Å². The molecule has 0 fully saturated rings. The first-order valence-electron chi connectivity index (χ1n) is 9.20. The summed E-state index contributed by atoms with van der Waals surface area (Å²) in [7, 11) is 1.72. The summed E-state index contributed by atoms with van der Waals surface area (Å²) in [5.41, 5.74) is 5.72. The molecule has 0 bridgehead atoms. The van der Waals surface area contributed by atoms with Crippen molar-refractivity contribution in [1.29, 1.82) is 0 Å². The van der Waals surface area contributed by atoms with Crippen LogP contribution < -0.4 is 4.90 Å². The fraction of sp³-hybridized carbons (Fsp3) is 0.318. The van der Waals surface area contributed by atoms with Crippen molar-refractivity contribution in [2.24, 2.45) is 0 Å². The van der Waals surface area contributed by atoms with E-state index in [1.807, 2.05) is 6.07 Å². The molecule has 2 aromatic carbocycles. The van der Waals surface area contributed by atoms with E-state index in [9.17, 15) is 14.4 Å². The summed E-state index contributed by atoms with van der Waals surface area (Å²) in [5, 5.41) is 0. The van der Waals surface area contributed by atoms with Crippen molar-refractivity contribution in [3.05, 3.63) is 64.2 Å². The van der Waals surface area contributed by atoms with Crippen molar-refractivity contribution in [2.45, 2.75) is 32.1 Å². The number of anilines is 1. The second kappa shape index (κ2) is 6.99. The molecule has 1 amide bonds. The number of Topliss-reactive ketones (excluding diaryl/α,β-unsaturated/α-hetero) is 1. The lowest BCUT2D eigenvalue weighted by atomic mass is 10.0. The minimum Gasteiger partial charge on any atom is -0.457 e. The molecule has 0 saturated heterocycles. The van der Waals surface area contributed by atoms with Crippen LogP contribution >= 0.6 is 0 Å². The van der Waals surface area contributed by atoms with Crippen LogP contribution in [0.2, 0.25) is 0 Å². The zero-order chi connectivity index (χ0) is 19.0. The third-order valence-corrected chi connectivity index (χ3v) is 5.35. The maximum absolute atomic E-state index is 12.3. The molecule has 0 unspecified atom stereocenters. The van der Waals surface area contributed by atoms with Gasteiger partial charge in [-0.25, -0.2) is 0 Å². The van der Waals surface area contributed by atoms with Crippen molar-refractivity contribution in [3.8, 4) is 0 Å². The minimum absolute atomic E-state index is 0.00960. The van der Waals surface area contributed by atoms with E-state index in [1.165, 1.54) is 17.5 Å². The van der Waals surface area contributed by atoms with Crippen LogP contribution in [0.1, 0.15) is 39.0 Å². The predicted octanol–water partition coefficient (Wildman–Crippen LogP) is 2.66. The van der Waals surface area contributed by atoms with Crippen molar-refractivity contribution in [1.82, 2.24) is 0 Å². The monoisotopic (exact) mass is 363 g/mol. The number of amides is 1. The molecule has 1 aliphatic heterocycles. The fourth-order valence-corrected chi connectivity index (χ4v) is 3.83. The highest BCUT2D eigenvalue weighted by atomic mass is 16.5. The summed E-state index contributed by atoms with van der Waals surface area (Å²) in [6.07, 6.45) is 3.80. The van der Waals surface area contributed by atoms with Gasteiger partial charge in [-0.15, -0.1) is 0 Å². The number of benzene rings is 2. The summed E-state index contributed by atoms with van der Waals surface area (Å²) in [5.74, 6) is -0.658. The largest absolute Gasteiger partial charge is 0.457 e. The summed E-state index contributed by atoms with van der Waals surface area (Å²) >= 11 is 0. The first-order valence-corrected chi connectivity index (χ1v) is 9.20. The Morgan fingerprint density at radius 1 is 1.04 bits per heavy atom. The molecule has 0 spiro atoms. The molecule has 4 rings (SSSR count). The van der Waals surface area contributed by atoms with Gasteiger partial charge in [0.1, 0.15) is 0 Å². The van der Waals surface area contributed by atoms with Crippen molar-refractivity contribution < 1.29 is 19.1 Å². The lowest BCUT2D eigenvalue weighted by Gasteiger charge is -2.10. The van der Waals surface area contributed by atoms with Crippen LogP contribution in [0.3, 0.4) is 0 Å². The van der Waals surface area contributed by atoms with Crippen LogP contribution in [0.25, 0.3) is 0 Å². The van der Waals surface area contributed by atoms with Gasteiger partial charge in [-0.05, 0) is 59.7 Å². The number of ether oxygens (including phenoxy) is 1. The average Bonchev–Trinajstić information content (AvgIpc) is 3.23. The highest BCUT2D eigenvalue weighted by molar-refractivity contribution is 6.03. The van der Waals surface area contributed by atoms with Crippen LogP contribution in [-0.4, -0.2) is 31.3 Å². The van der Waals surface area contributed by atoms with E-state index in [-0.39, 0.29) is 24.7 Å². The highest BCUT2D eigenvalue weighted by Crippen LogP contribution is 2.28. The van der Waals surface area contributed by atoms with Crippen LogP contribution in [0, 0.1) is 0 Å². The molecule has 0 radical (unpaired) electrons. The van der Waals surface area contributed by atoms with Gasteiger partial charge in [0.15, 0.2) is 12.4 Å². The van der Waals surface area contributed by atoms with E-state index in [2.05, 4.69) is 12.1 Å². The molecule has 1 heterocycles. The molecule has 5 nitrogen and oxygen atoms in total. The Morgan fingerprint density at radius 3 is 2.70 bits per heavy atom. The number of aryl methyl sites for hydroxylation is 2. The first kappa shape index (κ1) is 17.5. The normalized spacial score (nSPS) is 14.9. The van der Waals surface area contributed by atoms with Crippen molar-refractivity contribution in [2.75, 3.05) is 18.6 Å². The third kappa shape index (κ3) is 3.50. The van der Waals surface area contributed by atoms with Gasteiger partial charge in [-0.2, -0.15) is 0 Å². The molecular formula is C22H21NO4. The average molecular weight is 363 g/mol. The summed E-state index contributed by atoms with van der Waals surface area (Å²) < 4.78 is 5.18. The van der Waals surface area contributed by atoms with Crippen LogP contribution in [0.4, 0.5) is 5.69 Å². The van der Waals surface area contributed by atoms with Gasteiger partial charge in [0.05, 0.1) is 12.8 Å². The standard InChI is InChI=1S/C22H21NO4/c1-23-19-8-7-17(11-18(19)12-21(23)25)20(24)13-27-22(26)10-14-5-6-15-3-2-4-16(15)9-14/h5-9,11H,2-4,10,12-13H2,1H3. The minimum atomic E-state index is -0.405. The number of fused-ring (bicyclic) bond motifs is 2.